The van der Waals surface area contributed by atoms with E-state index in [0.29, 0.717) is 13.0 Å². The molecule has 8 nitrogen and oxygen atoms in total. The van der Waals surface area contributed by atoms with Gasteiger partial charge in [-0.15, -0.1) is 0 Å². The topological polar surface area (TPSA) is 94.2 Å². The molecule has 0 saturated carbocycles. The average Bonchev–Trinajstić information content (AvgIpc) is 2.66. The highest BCUT2D eigenvalue weighted by Gasteiger charge is 2.39. The largest absolute Gasteiger partial charge is 0.466 e. The number of alkyl carbamates (subject to hydrolysis) is 1. The second-order valence-corrected chi connectivity index (χ2v) is 7.89. The number of hydrogen-bond acceptors (Lipinski definition) is 6. The predicted octanol–water partition coefficient (Wildman–Crippen LogP) is 3.10. The number of rotatable bonds is 5. The molecule has 1 aromatic rings. The molecule has 0 aliphatic carbocycles. The Morgan fingerprint density at radius 3 is 2.45 bits per heavy atom. The van der Waals surface area contributed by atoms with E-state index in [-0.39, 0.29) is 19.8 Å². The zero-order valence-corrected chi connectivity index (χ0v) is 17.5. The molecule has 0 unspecified atom stereocenters. The first kappa shape index (κ1) is 22.5. The predicted molar refractivity (Wildman–Crippen MR) is 106 cm³/mol. The van der Waals surface area contributed by atoms with Gasteiger partial charge >= 0.3 is 18.2 Å². The Bertz CT molecular complexity index is 701. The molecule has 0 aromatic heterocycles. The lowest BCUT2D eigenvalue weighted by Gasteiger charge is -2.37. The van der Waals surface area contributed by atoms with Gasteiger partial charge in [-0.25, -0.2) is 9.59 Å². The van der Waals surface area contributed by atoms with Gasteiger partial charge in [0.05, 0.1) is 12.5 Å². The molecule has 1 fully saturated rings. The van der Waals surface area contributed by atoms with Gasteiger partial charge in [0.1, 0.15) is 12.2 Å². The fourth-order valence-corrected chi connectivity index (χ4v) is 3.02. The number of ether oxygens (including phenoxy) is 3. The van der Waals surface area contributed by atoms with Crippen LogP contribution >= 0.6 is 0 Å². The van der Waals surface area contributed by atoms with Crippen molar-refractivity contribution in [3.05, 3.63) is 35.9 Å². The zero-order valence-electron chi connectivity index (χ0n) is 17.5. The highest BCUT2D eigenvalue weighted by molar-refractivity contribution is 5.77. The second-order valence-electron chi connectivity index (χ2n) is 7.89. The molecule has 29 heavy (non-hydrogen) atoms. The van der Waals surface area contributed by atoms with Crippen molar-refractivity contribution in [1.29, 1.82) is 0 Å². The van der Waals surface area contributed by atoms with E-state index in [1.807, 2.05) is 30.3 Å². The smallest absolute Gasteiger partial charge is 0.410 e. The first-order valence-electron chi connectivity index (χ1n) is 9.81. The first-order chi connectivity index (χ1) is 13.7. The monoisotopic (exact) mass is 406 g/mol. The van der Waals surface area contributed by atoms with Gasteiger partial charge in [0.2, 0.25) is 0 Å². The Morgan fingerprint density at radius 2 is 1.83 bits per heavy atom. The summed E-state index contributed by atoms with van der Waals surface area (Å²) in [6, 6.07) is 8.82. The van der Waals surface area contributed by atoms with E-state index in [4.69, 9.17) is 14.2 Å². The number of amides is 2. The van der Waals surface area contributed by atoms with Crippen LogP contribution in [0.4, 0.5) is 9.59 Å². The van der Waals surface area contributed by atoms with Gasteiger partial charge in [0.25, 0.3) is 0 Å². The maximum atomic E-state index is 12.4. The van der Waals surface area contributed by atoms with Crippen LogP contribution in [0.25, 0.3) is 0 Å². The van der Waals surface area contributed by atoms with Crippen molar-refractivity contribution in [3.63, 3.8) is 0 Å². The van der Waals surface area contributed by atoms with Crippen LogP contribution in [0.15, 0.2) is 30.3 Å². The van der Waals surface area contributed by atoms with E-state index in [0.717, 1.165) is 5.56 Å². The number of nitrogens with zero attached hydrogens (tertiary/aromatic N) is 1. The Kier molecular flexibility index (Phi) is 7.87. The number of piperidine rings is 1. The van der Waals surface area contributed by atoms with Crippen LogP contribution < -0.4 is 5.32 Å². The molecule has 1 saturated heterocycles. The highest BCUT2D eigenvalue weighted by atomic mass is 16.6. The normalized spacial score (nSPS) is 19.2. The van der Waals surface area contributed by atoms with Crippen LogP contribution in [0.5, 0.6) is 0 Å². The molecule has 2 rings (SSSR count). The number of carbonyl (C=O) groups excluding carboxylic acids is 3. The molecule has 160 valence electrons. The lowest BCUT2D eigenvalue weighted by molar-refractivity contribution is -0.150. The molecule has 0 spiro atoms. The van der Waals surface area contributed by atoms with Crippen molar-refractivity contribution in [2.45, 2.75) is 52.4 Å². The van der Waals surface area contributed by atoms with E-state index >= 15 is 0 Å². The number of carbonyl (C=O) groups is 3. The van der Waals surface area contributed by atoms with Gasteiger partial charge in [0, 0.05) is 19.1 Å². The van der Waals surface area contributed by atoms with E-state index in [1.165, 1.54) is 4.90 Å². The minimum atomic E-state index is -0.694. The van der Waals surface area contributed by atoms with E-state index in [1.54, 1.807) is 27.7 Å². The van der Waals surface area contributed by atoms with E-state index < -0.39 is 35.7 Å². The van der Waals surface area contributed by atoms with Gasteiger partial charge in [-0.05, 0) is 39.7 Å². The minimum Gasteiger partial charge on any atom is -0.466 e. The quantitative estimate of drug-likeness (QED) is 0.596. The third-order valence-corrected chi connectivity index (χ3v) is 4.37. The first-order valence-corrected chi connectivity index (χ1v) is 9.81. The number of hydrogen-bond donors (Lipinski definition) is 1. The number of nitrogens with one attached hydrogen (secondary N) is 1. The summed E-state index contributed by atoms with van der Waals surface area (Å²) in [6.07, 6.45) is -0.709. The van der Waals surface area contributed by atoms with Crippen molar-refractivity contribution < 1.29 is 28.6 Å². The summed E-state index contributed by atoms with van der Waals surface area (Å²) in [5, 5.41) is 2.75. The summed E-state index contributed by atoms with van der Waals surface area (Å²) in [6.45, 7) is 7.87. The summed E-state index contributed by atoms with van der Waals surface area (Å²) >= 11 is 0. The number of esters is 1. The summed E-state index contributed by atoms with van der Waals surface area (Å²) in [7, 11) is 0. The van der Waals surface area contributed by atoms with Crippen molar-refractivity contribution in [3.8, 4) is 0 Å². The third kappa shape index (κ3) is 7.29. The van der Waals surface area contributed by atoms with Crippen LogP contribution in [-0.2, 0) is 25.6 Å². The zero-order chi connectivity index (χ0) is 21.4. The molecule has 1 N–H and O–H groups in total. The summed E-state index contributed by atoms with van der Waals surface area (Å²) in [4.78, 5) is 38.5. The van der Waals surface area contributed by atoms with Crippen molar-refractivity contribution >= 4 is 18.2 Å². The lowest BCUT2D eigenvalue weighted by atomic mass is 9.92. The molecule has 0 radical (unpaired) electrons. The second kappa shape index (κ2) is 10.1. The lowest BCUT2D eigenvalue weighted by Crippen LogP contribution is -2.55. The Labute approximate surface area is 171 Å². The maximum Gasteiger partial charge on any atom is 0.410 e. The number of likely N-dealkylation sites (tertiary alicyclic amines) is 1. The Morgan fingerprint density at radius 1 is 1.14 bits per heavy atom. The highest BCUT2D eigenvalue weighted by Crippen LogP contribution is 2.21. The molecule has 1 aliphatic heterocycles. The maximum absolute atomic E-state index is 12.4. The van der Waals surface area contributed by atoms with Crippen molar-refractivity contribution in [2.24, 2.45) is 5.92 Å². The number of benzene rings is 1. The molecule has 2 atom stereocenters. The fraction of sp³-hybridized carbons (Fsp3) is 0.571. The average molecular weight is 406 g/mol. The van der Waals surface area contributed by atoms with Crippen LogP contribution in [0, 0.1) is 5.92 Å². The molecule has 0 bridgehead atoms. The molecule has 2 amide bonds. The van der Waals surface area contributed by atoms with Gasteiger partial charge in [0.15, 0.2) is 0 Å². The molecule has 1 heterocycles. The molecule has 1 aromatic carbocycles. The minimum absolute atomic E-state index is 0.109. The summed E-state index contributed by atoms with van der Waals surface area (Å²) in [5.41, 5.74) is 0.233. The van der Waals surface area contributed by atoms with Crippen molar-refractivity contribution in [1.82, 2.24) is 10.2 Å². The molecule has 1 aliphatic rings. The summed E-state index contributed by atoms with van der Waals surface area (Å²) in [5.74, 6) is -1.16. The Hall–Kier alpha value is -2.77. The van der Waals surface area contributed by atoms with Gasteiger partial charge < -0.3 is 24.4 Å². The van der Waals surface area contributed by atoms with Crippen LogP contribution in [0.3, 0.4) is 0 Å². The van der Waals surface area contributed by atoms with E-state index in [9.17, 15) is 14.4 Å². The SMILES string of the molecule is CCOC(=O)[C@H]1CN(C(=O)OC(C)(C)C)CC[C@H]1NC(=O)OCc1ccccc1. The molecular formula is C21H30N2O6. The Balaban J connectivity index is 1.97. The van der Waals surface area contributed by atoms with E-state index in [2.05, 4.69) is 5.32 Å². The van der Waals surface area contributed by atoms with Crippen molar-refractivity contribution in [2.75, 3.05) is 19.7 Å². The van der Waals surface area contributed by atoms with Crippen LogP contribution in [-0.4, -0.2) is 54.4 Å². The van der Waals surface area contributed by atoms with Gasteiger partial charge in [-0.2, -0.15) is 0 Å². The standard InChI is InChI=1S/C21H30N2O6/c1-5-27-18(24)16-13-23(20(26)29-21(2,3)4)12-11-17(16)22-19(25)28-14-15-9-7-6-8-10-15/h6-10,16-17H,5,11-14H2,1-4H3,(H,22,25)/t16-,17+/m0/s1. The van der Waals surface area contributed by atoms with Crippen LogP contribution in [0.1, 0.15) is 39.7 Å². The van der Waals surface area contributed by atoms with Gasteiger partial charge in [-0.1, -0.05) is 30.3 Å². The van der Waals surface area contributed by atoms with Gasteiger partial charge in [-0.3, -0.25) is 4.79 Å². The molecular weight excluding hydrogens is 376 g/mol. The third-order valence-electron chi connectivity index (χ3n) is 4.37. The molecule has 8 heteroatoms. The fourth-order valence-electron chi connectivity index (χ4n) is 3.02. The van der Waals surface area contributed by atoms with Crippen LogP contribution in [0.2, 0.25) is 0 Å². The summed E-state index contributed by atoms with van der Waals surface area (Å²) < 4.78 is 15.8.